The third-order valence-corrected chi connectivity index (χ3v) is 3.70. The number of carbonyl (C=O) groups excluding carboxylic acids is 1. The van der Waals surface area contributed by atoms with Crippen molar-refractivity contribution in [3.8, 4) is 0 Å². The first-order chi connectivity index (χ1) is 11.2. The molecule has 0 saturated heterocycles. The zero-order valence-electron chi connectivity index (χ0n) is 13.2. The van der Waals surface area contributed by atoms with E-state index in [-0.39, 0.29) is 5.91 Å². The maximum atomic E-state index is 12.6. The largest absolute Gasteiger partial charge is 0.361 e. The second-order valence-corrected chi connectivity index (χ2v) is 5.20. The van der Waals surface area contributed by atoms with Gasteiger partial charge >= 0.3 is 0 Å². The van der Waals surface area contributed by atoms with E-state index in [4.69, 9.17) is 0 Å². The molecule has 0 atom stereocenters. The molecule has 1 aliphatic heterocycles. The number of aryl methyl sites for hydroxylation is 1. The van der Waals surface area contributed by atoms with Gasteiger partial charge in [0.2, 0.25) is 0 Å². The first-order valence-corrected chi connectivity index (χ1v) is 7.56. The van der Waals surface area contributed by atoms with Crippen LogP contribution in [0.1, 0.15) is 19.4 Å². The van der Waals surface area contributed by atoms with E-state index in [0.29, 0.717) is 17.1 Å². The summed E-state index contributed by atoms with van der Waals surface area (Å²) in [5.41, 5.74) is 3.41. The molecule has 1 aromatic carbocycles. The number of nitrogens with one attached hydrogen (secondary N) is 1. The highest BCUT2D eigenvalue weighted by molar-refractivity contribution is 6.29. The first-order valence-electron chi connectivity index (χ1n) is 7.56. The highest BCUT2D eigenvalue weighted by atomic mass is 16.2. The Bertz CT molecular complexity index is 781. The van der Waals surface area contributed by atoms with E-state index >= 15 is 0 Å². The fourth-order valence-electron chi connectivity index (χ4n) is 2.44. The van der Waals surface area contributed by atoms with Crippen molar-refractivity contribution in [1.29, 1.82) is 0 Å². The second kappa shape index (κ2) is 6.44. The number of hydrogen-bond acceptors (Lipinski definition) is 4. The molecule has 0 fully saturated rings. The molecule has 0 bridgehead atoms. The molecular weight excluding hydrogens is 288 g/mol. The molecule has 0 saturated carbocycles. The molecule has 0 radical (unpaired) electrons. The number of aromatic nitrogens is 1. The predicted octanol–water partition coefficient (Wildman–Crippen LogP) is 3.36. The van der Waals surface area contributed by atoms with Gasteiger partial charge < -0.3 is 5.32 Å². The molecule has 2 aromatic rings. The van der Waals surface area contributed by atoms with Crippen LogP contribution in [0, 0.1) is 0 Å². The van der Waals surface area contributed by atoms with Crippen molar-refractivity contribution in [3.05, 3.63) is 66.0 Å². The van der Waals surface area contributed by atoms with Gasteiger partial charge in [-0.1, -0.05) is 31.2 Å². The molecule has 23 heavy (non-hydrogen) atoms. The van der Waals surface area contributed by atoms with Gasteiger partial charge in [-0.15, -0.1) is 0 Å². The zero-order valence-corrected chi connectivity index (χ0v) is 13.2. The lowest BCUT2D eigenvalue weighted by Crippen LogP contribution is -2.22. The van der Waals surface area contributed by atoms with Crippen LogP contribution in [-0.2, 0) is 11.2 Å². The summed E-state index contributed by atoms with van der Waals surface area (Å²) >= 11 is 0. The second-order valence-electron chi connectivity index (χ2n) is 5.20. The highest BCUT2D eigenvalue weighted by Gasteiger charge is 2.29. The van der Waals surface area contributed by atoms with E-state index in [0.717, 1.165) is 12.1 Å². The standard InChI is InChI=1S/C18H18N4O/c1-3-14-8-4-5-9-16(14)20-12-15-13(2)21-22(18(15)23)17-10-6-7-11-19-17/h4-12,20H,3H2,1-2H3/b15-12-. The molecule has 1 amide bonds. The summed E-state index contributed by atoms with van der Waals surface area (Å²) in [5, 5.41) is 8.86. The topological polar surface area (TPSA) is 57.6 Å². The van der Waals surface area contributed by atoms with E-state index in [1.54, 1.807) is 24.5 Å². The fourth-order valence-corrected chi connectivity index (χ4v) is 2.44. The minimum atomic E-state index is -0.178. The number of benzene rings is 1. The monoisotopic (exact) mass is 306 g/mol. The third kappa shape index (κ3) is 2.99. The number of hydrogen-bond donors (Lipinski definition) is 1. The van der Waals surface area contributed by atoms with Crippen LogP contribution in [0.4, 0.5) is 11.5 Å². The van der Waals surface area contributed by atoms with Gasteiger partial charge in [-0.2, -0.15) is 10.1 Å². The van der Waals surface area contributed by atoms with Crippen molar-refractivity contribution in [2.45, 2.75) is 20.3 Å². The van der Waals surface area contributed by atoms with Gasteiger partial charge in [-0.3, -0.25) is 4.79 Å². The van der Waals surface area contributed by atoms with E-state index in [2.05, 4.69) is 28.4 Å². The Labute approximate surface area is 135 Å². The molecule has 1 N–H and O–H groups in total. The maximum absolute atomic E-state index is 12.6. The molecule has 0 spiro atoms. The van der Waals surface area contributed by atoms with Crippen LogP contribution in [0.15, 0.2) is 65.5 Å². The normalized spacial score (nSPS) is 15.9. The molecule has 5 heteroatoms. The van der Waals surface area contributed by atoms with Crippen molar-refractivity contribution in [1.82, 2.24) is 4.98 Å². The Morgan fingerprint density at radius 1 is 1.17 bits per heavy atom. The maximum Gasteiger partial charge on any atom is 0.283 e. The number of nitrogens with zero attached hydrogens (tertiary/aromatic N) is 3. The van der Waals surface area contributed by atoms with Crippen LogP contribution in [0.3, 0.4) is 0 Å². The Hall–Kier alpha value is -2.95. The minimum absolute atomic E-state index is 0.178. The summed E-state index contributed by atoms with van der Waals surface area (Å²) in [6.45, 7) is 3.92. The lowest BCUT2D eigenvalue weighted by molar-refractivity contribution is -0.114. The first kappa shape index (κ1) is 15.0. The van der Waals surface area contributed by atoms with Crippen LogP contribution in [0.5, 0.6) is 0 Å². The lowest BCUT2D eigenvalue weighted by Gasteiger charge is -2.10. The van der Waals surface area contributed by atoms with E-state index in [1.807, 2.05) is 31.2 Å². The molecule has 0 aliphatic carbocycles. The van der Waals surface area contributed by atoms with E-state index < -0.39 is 0 Å². The van der Waals surface area contributed by atoms with E-state index in [9.17, 15) is 4.79 Å². The van der Waals surface area contributed by atoms with Crippen molar-refractivity contribution >= 4 is 23.1 Å². The number of hydrazone groups is 1. The minimum Gasteiger partial charge on any atom is -0.361 e. The van der Waals surface area contributed by atoms with Gasteiger partial charge in [0.25, 0.3) is 5.91 Å². The van der Waals surface area contributed by atoms with Crippen molar-refractivity contribution < 1.29 is 4.79 Å². The van der Waals surface area contributed by atoms with Crippen molar-refractivity contribution in [2.75, 3.05) is 10.3 Å². The van der Waals surface area contributed by atoms with Gasteiger partial charge in [-0.05, 0) is 37.1 Å². The van der Waals surface area contributed by atoms with Crippen molar-refractivity contribution in [2.24, 2.45) is 5.10 Å². The molecule has 2 heterocycles. The van der Waals surface area contributed by atoms with Crippen LogP contribution < -0.4 is 10.3 Å². The number of para-hydroxylation sites is 1. The molecule has 1 aliphatic rings. The van der Waals surface area contributed by atoms with Crippen LogP contribution >= 0.6 is 0 Å². The summed E-state index contributed by atoms with van der Waals surface area (Å²) < 4.78 is 0. The number of anilines is 2. The molecular formula is C18H18N4O. The summed E-state index contributed by atoms with van der Waals surface area (Å²) in [6, 6.07) is 13.4. The molecule has 0 unspecified atom stereocenters. The van der Waals surface area contributed by atoms with Gasteiger partial charge in [0, 0.05) is 18.1 Å². The zero-order chi connectivity index (χ0) is 16.2. The number of pyridine rings is 1. The molecule has 116 valence electrons. The van der Waals surface area contributed by atoms with Crippen LogP contribution in [0.2, 0.25) is 0 Å². The van der Waals surface area contributed by atoms with Crippen LogP contribution in [0.25, 0.3) is 0 Å². The number of carbonyl (C=O) groups is 1. The van der Waals surface area contributed by atoms with Crippen molar-refractivity contribution in [3.63, 3.8) is 0 Å². The summed E-state index contributed by atoms with van der Waals surface area (Å²) in [4.78, 5) is 16.7. The fraction of sp³-hybridized carbons (Fsp3) is 0.167. The number of amides is 1. The van der Waals surface area contributed by atoms with Gasteiger partial charge in [0.05, 0.1) is 11.3 Å². The predicted molar refractivity (Wildman–Crippen MR) is 92.4 cm³/mol. The number of rotatable bonds is 4. The van der Waals surface area contributed by atoms with Crippen LogP contribution in [-0.4, -0.2) is 16.6 Å². The SMILES string of the molecule is CCc1ccccc1N/C=C1\C(=O)N(c2ccccn2)N=C1C. The average Bonchev–Trinajstić information content (AvgIpc) is 2.88. The summed E-state index contributed by atoms with van der Waals surface area (Å²) in [6.07, 6.45) is 4.29. The smallest absolute Gasteiger partial charge is 0.283 e. The Morgan fingerprint density at radius 2 is 1.96 bits per heavy atom. The summed E-state index contributed by atoms with van der Waals surface area (Å²) in [7, 11) is 0. The Kier molecular flexibility index (Phi) is 4.19. The quantitative estimate of drug-likeness (QED) is 0.881. The lowest BCUT2D eigenvalue weighted by atomic mass is 10.1. The molecule has 5 nitrogen and oxygen atoms in total. The summed E-state index contributed by atoms with van der Waals surface area (Å²) in [5.74, 6) is 0.344. The average molecular weight is 306 g/mol. The van der Waals surface area contributed by atoms with Gasteiger partial charge in [-0.25, -0.2) is 4.98 Å². The third-order valence-electron chi connectivity index (χ3n) is 3.70. The Morgan fingerprint density at radius 3 is 2.70 bits per heavy atom. The molecule has 1 aromatic heterocycles. The van der Waals surface area contributed by atoms with E-state index in [1.165, 1.54) is 10.6 Å². The Balaban J connectivity index is 1.84. The highest BCUT2D eigenvalue weighted by Crippen LogP contribution is 2.22. The molecule has 3 rings (SSSR count). The van der Waals surface area contributed by atoms with Gasteiger partial charge in [0.1, 0.15) is 0 Å². The van der Waals surface area contributed by atoms with Gasteiger partial charge in [0.15, 0.2) is 5.82 Å².